The van der Waals surface area contributed by atoms with Crippen LogP contribution in [0.4, 0.5) is 17.1 Å². The molecule has 3 aromatic rings. The minimum absolute atomic E-state index is 0.154. The zero-order chi connectivity index (χ0) is 21.7. The van der Waals surface area contributed by atoms with Gasteiger partial charge in [0.1, 0.15) is 0 Å². The lowest BCUT2D eigenvalue weighted by Crippen LogP contribution is -2.13. The highest BCUT2D eigenvalue weighted by atomic mass is 32.2. The summed E-state index contributed by atoms with van der Waals surface area (Å²) in [5.41, 5.74) is 1.24. The number of hydrogen-bond acceptors (Lipinski definition) is 6. The maximum absolute atomic E-state index is 12.6. The highest BCUT2D eigenvalue weighted by Crippen LogP contribution is 2.26. The monoisotopic (exact) mass is 423 g/mol. The number of amides is 1. The van der Waals surface area contributed by atoms with E-state index in [1.165, 1.54) is 0 Å². The van der Waals surface area contributed by atoms with Gasteiger partial charge in [0, 0.05) is 28.5 Å². The van der Waals surface area contributed by atoms with Crippen molar-refractivity contribution in [3.63, 3.8) is 0 Å². The first-order chi connectivity index (χ1) is 14.3. The maximum atomic E-state index is 12.6. The smallest absolute Gasteiger partial charge is 0.277 e. The number of carbonyl (C=O) groups is 1. The van der Waals surface area contributed by atoms with E-state index in [0.717, 1.165) is 40.0 Å². The van der Waals surface area contributed by atoms with Gasteiger partial charge in [0.25, 0.3) is 17.3 Å². The molecule has 0 aliphatic carbocycles. The quantitative estimate of drug-likeness (QED) is 0.311. The third kappa shape index (κ3) is 5.21. The molecule has 3 aromatic carbocycles. The highest BCUT2D eigenvalue weighted by molar-refractivity contribution is 7.98. The first kappa shape index (κ1) is 21.0. The van der Waals surface area contributed by atoms with E-state index in [9.17, 15) is 25.0 Å². The standard InChI is InChI=1S/C21H17N3O5S/c1-14-9-15(13-30-19-5-3-2-4-6-19)7-8-20(14)22-21(25)16-10-17(23(26)27)12-18(11-16)24(28)29/h2-12H,13H2,1H3,(H,22,25). The molecule has 152 valence electrons. The minimum Gasteiger partial charge on any atom is -0.322 e. The van der Waals surface area contributed by atoms with Gasteiger partial charge in [-0.1, -0.05) is 30.3 Å². The van der Waals surface area contributed by atoms with E-state index in [0.29, 0.717) is 5.69 Å². The Morgan fingerprint density at radius 3 is 2.13 bits per heavy atom. The second-order valence-electron chi connectivity index (χ2n) is 6.46. The van der Waals surface area contributed by atoms with E-state index >= 15 is 0 Å². The van der Waals surface area contributed by atoms with Crippen LogP contribution in [0.15, 0.2) is 71.6 Å². The first-order valence-electron chi connectivity index (χ1n) is 8.86. The second kappa shape index (κ2) is 9.19. The summed E-state index contributed by atoms with van der Waals surface area (Å²) < 4.78 is 0. The molecule has 8 nitrogen and oxygen atoms in total. The van der Waals surface area contributed by atoms with Crippen LogP contribution in [0, 0.1) is 27.2 Å². The molecule has 0 unspecified atom stereocenters. The van der Waals surface area contributed by atoms with Gasteiger partial charge in [-0.15, -0.1) is 11.8 Å². The molecule has 1 N–H and O–H groups in total. The summed E-state index contributed by atoms with van der Waals surface area (Å²) in [5.74, 6) is 0.104. The molecular weight excluding hydrogens is 406 g/mol. The molecule has 0 aliphatic rings. The molecule has 0 fully saturated rings. The van der Waals surface area contributed by atoms with E-state index in [4.69, 9.17) is 0 Å². The van der Waals surface area contributed by atoms with E-state index in [1.807, 2.05) is 49.4 Å². The number of nitro benzene ring substituents is 2. The number of nitro groups is 2. The highest BCUT2D eigenvalue weighted by Gasteiger charge is 2.20. The Bertz CT molecular complexity index is 1090. The Morgan fingerprint density at radius 1 is 0.933 bits per heavy atom. The number of anilines is 1. The number of thioether (sulfide) groups is 1. The minimum atomic E-state index is -0.770. The van der Waals surface area contributed by atoms with Gasteiger partial charge in [-0.3, -0.25) is 25.0 Å². The van der Waals surface area contributed by atoms with Crippen molar-refractivity contribution >= 4 is 34.7 Å². The molecule has 0 saturated carbocycles. The summed E-state index contributed by atoms with van der Waals surface area (Å²) in [6, 6.07) is 18.4. The summed E-state index contributed by atoms with van der Waals surface area (Å²) in [5, 5.41) is 24.7. The predicted molar refractivity (Wildman–Crippen MR) is 115 cm³/mol. The van der Waals surface area contributed by atoms with E-state index in [2.05, 4.69) is 5.32 Å². The van der Waals surface area contributed by atoms with Crippen LogP contribution in [-0.4, -0.2) is 15.8 Å². The maximum Gasteiger partial charge on any atom is 0.277 e. The molecule has 0 radical (unpaired) electrons. The van der Waals surface area contributed by atoms with Crippen LogP contribution in [0.3, 0.4) is 0 Å². The third-order valence-corrected chi connectivity index (χ3v) is 5.36. The van der Waals surface area contributed by atoms with Gasteiger partial charge < -0.3 is 5.32 Å². The molecule has 9 heteroatoms. The molecule has 0 saturated heterocycles. The summed E-state index contributed by atoms with van der Waals surface area (Å²) >= 11 is 1.69. The number of rotatable bonds is 7. The van der Waals surface area contributed by atoms with Crippen molar-refractivity contribution in [3.05, 3.63) is 104 Å². The molecule has 0 atom stereocenters. The number of benzene rings is 3. The summed E-state index contributed by atoms with van der Waals surface area (Å²) in [6.45, 7) is 1.84. The number of nitrogens with zero attached hydrogens (tertiary/aromatic N) is 2. The Hall–Kier alpha value is -3.72. The van der Waals surface area contributed by atoms with E-state index in [1.54, 1.807) is 17.8 Å². The van der Waals surface area contributed by atoms with Crippen molar-refractivity contribution in [2.24, 2.45) is 0 Å². The van der Waals surface area contributed by atoms with Crippen LogP contribution in [-0.2, 0) is 5.75 Å². The summed E-state index contributed by atoms with van der Waals surface area (Å²) in [6.07, 6.45) is 0. The van der Waals surface area contributed by atoms with Crippen molar-refractivity contribution in [2.45, 2.75) is 17.6 Å². The van der Waals surface area contributed by atoms with Gasteiger partial charge in [-0.2, -0.15) is 0 Å². The third-order valence-electron chi connectivity index (χ3n) is 4.27. The number of non-ortho nitro benzene ring substituents is 2. The SMILES string of the molecule is Cc1cc(CSc2ccccc2)ccc1NC(=O)c1cc([N+](=O)[O-])cc([N+](=O)[O-])c1. The summed E-state index contributed by atoms with van der Waals surface area (Å²) in [4.78, 5) is 34.2. The molecule has 0 aromatic heterocycles. The Kier molecular flexibility index (Phi) is 6.43. The first-order valence-corrected chi connectivity index (χ1v) is 9.84. The number of carbonyl (C=O) groups excluding carboxylic acids is 1. The number of nitrogens with one attached hydrogen (secondary N) is 1. The van der Waals surface area contributed by atoms with E-state index in [-0.39, 0.29) is 5.56 Å². The van der Waals surface area contributed by atoms with Gasteiger partial charge in [-0.25, -0.2) is 0 Å². The normalized spacial score (nSPS) is 10.4. The van der Waals surface area contributed by atoms with Crippen molar-refractivity contribution in [1.29, 1.82) is 0 Å². The Balaban J connectivity index is 1.75. The molecule has 3 rings (SSSR count). The number of aryl methyl sites for hydroxylation is 1. The molecule has 0 spiro atoms. The fourth-order valence-corrected chi connectivity index (χ4v) is 3.63. The van der Waals surface area contributed by atoms with Crippen LogP contribution >= 0.6 is 11.8 Å². The van der Waals surface area contributed by atoms with Crippen LogP contribution in [0.2, 0.25) is 0 Å². The summed E-state index contributed by atoms with van der Waals surface area (Å²) in [7, 11) is 0. The van der Waals surface area contributed by atoms with Crippen molar-refractivity contribution in [3.8, 4) is 0 Å². The lowest BCUT2D eigenvalue weighted by Gasteiger charge is -2.11. The average Bonchev–Trinajstić information content (AvgIpc) is 2.74. The van der Waals surface area contributed by atoms with Crippen molar-refractivity contribution < 1.29 is 14.6 Å². The predicted octanol–water partition coefficient (Wildman–Crippen LogP) is 5.36. The lowest BCUT2D eigenvalue weighted by atomic mass is 10.1. The van der Waals surface area contributed by atoms with Gasteiger partial charge in [0.2, 0.25) is 0 Å². The second-order valence-corrected chi connectivity index (χ2v) is 7.51. The largest absolute Gasteiger partial charge is 0.322 e. The average molecular weight is 423 g/mol. The Morgan fingerprint density at radius 2 is 1.57 bits per heavy atom. The Labute approximate surface area is 176 Å². The van der Waals surface area contributed by atoms with Gasteiger partial charge in [0.15, 0.2) is 0 Å². The van der Waals surface area contributed by atoms with Crippen LogP contribution in [0.25, 0.3) is 0 Å². The topological polar surface area (TPSA) is 115 Å². The fourth-order valence-electron chi connectivity index (χ4n) is 2.77. The molecule has 0 heterocycles. The zero-order valence-corrected chi connectivity index (χ0v) is 16.7. The lowest BCUT2D eigenvalue weighted by molar-refractivity contribution is -0.394. The van der Waals surface area contributed by atoms with Gasteiger partial charge in [-0.05, 0) is 36.2 Å². The van der Waals surface area contributed by atoms with E-state index < -0.39 is 27.1 Å². The van der Waals surface area contributed by atoms with Gasteiger partial charge in [0.05, 0.1) is 21.5 Å². The zero-order valence-electron chi connectivity index (χ0n) is 15.9. The molecular formula is C21H17N3O5S. The van der Waals surface area contributed by atoms with Crippen LogP contribution in [0.1, 0.15) is 21.5 Å². The molecule has 1 amide bonds. The molecule has 30 heavy (non-hydrogen) atoms. The number of hydrogen-bond donors (Lipinski definition) is 1. The van der Waals surface area contributed by atoms with Crippen LogP contribution < -0.4 is 5.32 Å². The van der Waals surface area contributed by atoms with Crippen molar-refractivity contribution in [1.82, 2.24) is 0 Å². The van der Waals surface area contributed by atoms with Crippen molar-refractivity contribution in [2.75, 3.05) is 5.32 Å². The fraction of sp³-hybridized carbons (Fsp3) is 0.0952. The molecule has 0 aliphatic heterocycles. The molecule has 0 bridgehead atoms. The van der Waals surface area contributed by atoms with Crippen LogP contribution in [0.5, 0.6) is 0 Å². The van der Waals surface area contributed by atoms with Gasteiger partial charge >= 0.3 is 0 Å².